The summed E-state index contributed by atoms with van der Waals surface area (Å²) in [5.74, 6) is 0.660. The Morgan fingerprint density at radius 1 is 1.24 bits per heavy atom. The Morgan fingerprint density at radius 2 is 2.05 bits per heavy atom. The molecule has 5 heteroatoms. The third kappa shape index (κ3) is 3.92. The molecule has 5 nitrogen and oxygen atoms in total. The first-order valence-electron chi connectivity index (χ1n) is 6.82. The van der Waals surface area contributed by atoms with Crippen molar-refractivity contribution in [3.63, 3.8) is 0 Å². The number of nitrogens with zero attached hydrogens (tertiary/aromatic N) is 2. The molecule has 1 aromatic carbocycles. The number of hydrogen-bond acceptors (Lipinski definition) is 5. The predicted molar refractivity (Wildman–Crippen MR) is 79.6 cm³/mol. The summed E-state index contributed by atoms with van der Waals surface area (Å²) in [6, 6.07) is 8.24. The molecule has 1 N–H and O–H groups in total. The van der Waals surface area contributed by atoms with Gasteiger partial charge in [0.05, 0.1) is 20.4 Å². The minimum atomic E-state index is -0.723. The lowest BCUT2D eigenvalue weighted by Gasteiger charge is -2.13. The van der Waals surface area contributed by atoms with Crippen LogP contribution in [-0.4, -0.2) is 29.3 Å². The normalized spacial score (nSPS) is 12.0. The zero-order valence-electron chi connectivity index (χ0n) is 12.5. The lowest BCUT2D eigenvalue weighted by Crippen LogP contribution is -2.07. The Kier molecular flexibility index (Phi) is 5.11. The van der Waals surface area contributed by atoms with E-state index in [2.05, 4.69) is 35.1 Å². The maximum atomic E-state index is 10.3. The molecule has 1 unspecified atom stereocenters. The zero-order valence-corrected chi connectivity index (χ0v) is 12.5. The highest BCUT2D eigenvalue weighted by atomic mass is 16.5. The van der Waals surface area contributed by atoms with Crippen molar-refractivity contribution in [2.75, 3.05) is 14.2 Å². The molecule has 0 saturated heterocycles. The van der Waals surface area contributed by atoms with Gasteiger partial charge in [0.2, 0.25) is 11.8 Å². The fourth-order valence-electron chi connectivity index (χ4n) is 2.15. The highest BCUT2D eigenvalue weighted by Gasteiger charge is 2.17. The zero-order chi connectivity index (χ0) is 15.2. The molecule has 0 radical (unpaired) electrons. The molecule has 112 valence electrons. The van der Waals surface area contributed by atoms with Crippen LogP contribution >= 0.6 is 0 Å². The van der Waals surface area contributed by atoms with Gasteiger partial charge in [0.15, 0.2) is 0 Å². The molecule has 0 aliphatic carbocycles. The van der Waals surface area contributed by atoms with Gasteiger partial charge in [0.25, 0.3) is 0 Å². The van der Waals surface area contributed by atoms with Crippen molar-refractivity contribution < 1.29 is 14.6 Å². The maximum absolute atomic E-state index is 10.3. The second-order valence-electron chi connectivity index (χ2n) is 4.85. The standard InChI is InChI=1S/C16H20N2O3/c1-11-5-4-6-12(9-11)7-8-13(19)15-16(21-3)18-14(20-2)10-17-15/h4-6,9-10,13,19H,7-8H2,1-3H3. The molecule has 21 heavy (non-hydrogen) atoms. The van der Waals surface area contributed by atoms with Gasteiger partial charge >= 0.3 is 0 Å². The van der Waals surface area contributed by atoms with Gasteiger partial charge in [-0.15, -0.1) is 0 Å². The van der Waals surface area contributed by atoms with E-state index in [0.29, 0.717) is 23.9 Å². The summed E-state index contributed by atoms with van der Waals surface area (Å²) in [6.45, 7) is 2.05. The molecule has 2 rings (SSSR count). The SMILES string of the molecule is COc1cnc(C(O)CCc2cccc(C)c2)c(OC)n1. The number of methoxy groups -OCH3 is 2. The molecule has 0 amide bonds. The van der Waals surface area contributed by atoms with Crippen LogP contribution in [0.15, 0.2) is 30.5 Å². The summed E-state index contributed by atoms with van der Waals surface area (Å²) in [5, 5.41) is 10.3. The highest BCUT2D eigenvalue weighted by molar-refractivity contribution is 5.26. The van der Waals surface area contributed by atoms with Crippen LogP contribution in [0, 0.1) is 6.92 Å². The second kappa shape index (κ2) is 7.04. The molecule has 0 bridgehead atoms. The van der Waals surface area contributed by atoms with Crippen molar-refractivity contribution in [3.8, 4) is 11.8 Å². The van der Waals surface area contributed by atoms with E-state index in [0.717, 1.165) is 6.42 Å². The van der Waals surface area contributed by atoms with Crippen molar-refractivity contribution >= 4 is 0 Å². The van der Waals surface area contributed by atoms with Crippen molar-refractivity contribution in [1.82, 2.24) is 9.97 Å². The number of aromatic nitrogens is 2. The quantitative estimate of drug-likeness (QED) is 0.884. The van der Waals surface area contributed by atoms with Crippen LogP contribution < -0.4 is 9.47 Å². The largest absolute Gasteiger partial charge is 0.480 e. The first-order chi connectivity index (χ1) is 10.1. The Labute approximate surface area is 124 Å². The number of aliphatic hydroxyl groups excluding tert-OH is 1. The summed E-state index contributed by atoms with van der Waals surface area (Å²) in [5.41, 5.74) is 2.84. The van der Waals surface area contributed by atoms with Crippen LogP contribution in [-0.2, 0) is 6.42 Å². The molecule has 1 aromatic heterocycles. The van der Waals surface area contributed by atoms with Crippen LogP contribution in [0.2, 0.25) is 0 Å². The van der Waals surface area contributed by atoms with E-state index in [9.17, 15) is 5.11 Å². The Balaban J connectivity index is 2.07. The Bertz CT molecular complexity index is 602. The topological polar surface area (TPSA) is 64.5 Å². The summed E-state index contributed by atoms with van der Waals surface area (Å²) in [4.78, 5) is 8.32. The van der Waals surface area contributed by atoms with Gasteiger partial charge in [-0.2, -0.15) is 4.98 Å². The van der Waals surface area contributed by atoms with Crippen LogP contribution in [0.3, 0.4) is 0 Å². The number of benzene rings is 1. The van der Waals surface area contributed by atoms with Crippen LogP contribution in [0.25, 0.3) is 0 Å². The van der Waals surface area contributed by atoms with Gasteiger partial charge in [0, 0.05) is 0 Å². The first-order valence-corrected chi connectivity index (χ1v) is 6.82. The number of hydrogen-bond donors (Lipinski definition) is 1. The van der Waals surface area contributed by atoms with E-state index in [1.807, 2.05) is 6.07 Å². The van der Waals surface area contributed by atoms with E-state index >= 15 is 0 Å². The monoisotopic (exact) mass is 288 g/mol. The van der Waals surface area contributed by atoms with Gasteiger partial charge in [0.1, 0.15) is 11.8 Å². The second-order valence-corrected chi connectivity index (χ2v) is 4.85. The lowest BCUT2D eigenvalue weighted by molar-refractivity contribution is 0.157. The van der Waals surface area contributed by atoms with Gasteiger partial charge < -0.3 is 14.6 Å². The first kappa shape index (κ1) is 15.3. The summed E-state index contributed by atoms with van der Waals surface area (Å²) < 4.78 is 10.2. The van der Waals surface area contributed by atoms with Crippen LogP contribution in [0.4, 0.5) is 0 Å². The highest BCUT2D eigenvalue weighted by Crippen LogP contribution is 2.26. The predicted octanol–water partition coefficient (Wildman–Crippen LogP) is 2.47. The van der Waals surface area contributed by atoms with Crippen molar-refractivity contribution in [2.45, 2.75) is 25.9 Å². The summed E-state index contributed by atoms with van der Waals surface area (Å²) in [7, 11) is 3.01. The molecule has 1 atom stereocenters. The molecular weight excluding hydrogens is 268 g/mol. The van der Waals surface area contributed by atoms with E-state index in [-0.39, 0.29) is 0 Å². The van der Waals surface area contributed by atoms with E-state index in [4.69, 9.17) is 9.47 Å². The van der Waals surface area contributed by atoms with Gasteiger partial charge in [-0.25, -0.2) is 4.98 Å². The van der Waals surface area contributed by atoms with Gasteiger partial charge in [-0.1, -0.05) is 29.8 Å². The van der Waals surface area contributed by atoms with Crippen LogP contribution in [0.5, 0.6) is 11.8 Å². The van der Waals surface area contributed by atoms with E-state index < -0.39 is 6.10 Å². The minimum Gasteiger partial charge on any atom is -0.480 e. The molecule has 1 heterocycles. The Morgan fingerprint density at radius 3 is 2.71 bits per heavy atom. The van der Waals surface area contributed by atoms with Gasteiger partial charge in [-0.05, 0) is 25.3 Å². The number of ether oxygens (including phenoxy) is 2. The molecule has 0 aliphatic rings. The third-order valence-electron chi connectivity index (χ3n) is 3.25. The average Bonchev–Trinajstić information content (AvgIpc) is 2.52. The average molecular weight is 288 g/mol. The number of aliphatic hydroxyl groups is 1. The van der Waals surface area contributed by atoms with Gasteiger partial charge in [-0.3, -0.25) is 0 Å². The molecule has 0 aliphatic heterocycles. The fraction of sp³-hybridized carbons (Fsp3) is 0.375. The molecule has 2 aromatic rings. The van der Waals surface area contributed by atoms with E-state index in [1.165, 1.54) is 31.5 Å². The molecule has 0 spiro atoms. The summed E-state index contributed by atoms with van der Waals surface area (Å²) >= 11 is 0. The van der Waals surface area contributed by atoms with E-state index in [1.54, 1.807) is 0 Å². The van der Waals surface area contributed by atoms with Crippen molar-refractivity contribution in [1.29, 1.82) is 0 Å². The molecule has 0 saturated carbocycles. The Hall–Kier alpha value is -2.14. The van der Waals surface area contributed by atoms with Crippen molar-refractivity contribution in [3.05, 3.63) is 47.3 Å². The molecule has 0 fully saturated rings. The van der Waals surface area contributed by atoms with Crippen molar-refractivity contribution in [2.24, 2.45) is 0 Å². The lowest BCUT2D eigenvalue weighted by atomic mass is 10.0. The fourth-order valence-corrected chi connectivity index (χ4v) is 2.15. The summed E-state index contributed by atoms with van der Waals surface area (Å²) in [6.07, 6.45) is 2.08. The third-order valence-corrected chi connectivity index (χ3v) is 3.25. The number of rotatable bonds is 6. The smallest absolute Gasteiger partial charge is 0.241 e. The minimum absolute atomic E-state index is 0.297. The number of aryl methyl sites for hydroxylation is 2. The van der Waals surface area contributed by atoms with Crippen LogP contribution in [0.1, 0.15) is 29.3 Å². The maximum Gasteiger partial charge on any atom is 0.241 e. The molecular formula is C16H20N2O3.